The summed E-state index contributed by atoms with van der Waals surface area (Å²) in [5.74, 6) is 0. The molecule has 1 rings (SSSR count). The molecule has 1 aromatic rings. The van der Waals surface area contributed by atoms with Crippen molar-refractivity contribution >= 4 is 8.73 Å². The summed E-state index contributed by atoms with van der Waals surface area (Å²) in [6, 6.07) is 10.7. The predicted octanol–water partition coefficient (Wildman–Crippen LogP) is 3.12. The molecule has 1 nitrogen and oxygen atoms in total. The maximum Gasteiger partial charge on any atom is 0.00320 e. The molecule has 0 aliphatic heterocycles. The van der Waals surface area contributed by atoms with E-state index in [1.165, 1.54) is 24.8 Å². The quantitative estimate of drug-likeness (QED) is 0.652. The molecule has 72 valence electrons. The molecule has 0 spiro atoms. The van der Waals surface area contributed by atoms with Gasteiger partial charge in [0, 0.05) is 6.16 Å². The van der Waals surface area contributed by atoms with Gasteiger partial charge in [-0.15, -0.1) is 0 Å². The van der Waals surface area contributed by atoms with Crippen LogP contribution < -0.4 is 0 Å². The van der Waals surface area contributed by atoms with Gasteiger partial charge in [-0.1, -0.05) is 44.2 Å². The molecule has 0 aromatic heterocycles. The van der Waals surface area contributed by atoms with E-state index in [1.54, 1.807) is 0 Å². The number of hydrogen-bond donors (Lipinski definition) is 0. The molecule has 0 saturated heterocycles. The lowest BCUT2D eigenvalue weighted by atomic mass is 10.2. The summed E-state index contributed by atoms with van der Waals surface area (Å²) in [7, 11) is 0.934. The summed E-state index contributed by atoms with van der Waals surface area (Å²) in [4.78, 5) is 0. The van der Waals surface area contributed by atoms with E-state index in [2.05, 4.69) is 48.8 Å². The minimum atomic E-state index is 0.934. The molecular formula is C11H18NP. The first-order valence-electron chi connectivity index (χ1n) is 4.89. The Morgan fingerprint density at radius 1 is 1.08 bits per heavy atom. The van der Waals surface area contributed by atoms with Gasteiger partial charge >= 0.3 is 0 Å². The Hall–Kier alpha value is -0.390. The van der Waals surface area contributed by atoms with Crippen molar-refractivity contribution in [1.82, 2.24) is 4.67 Å². The van der Waals surface area contributed by atoms with Crippen LogP contribution in [0.15, 0.2) is 30.3 Å². The highest BCUT2D eigenvalue weighted by Crippen LogP contribution is 2.22. The average Bonchev–Trinajstić information content (AvgIpc) is 2.21. The molecule has 0 saturated carbocycles. The van der Waals surface area contributed by atoms with Crippen LogP contribution in [0.1, 0.15) is 19.4 Å². The molecule has 13 heavy (non-hydrogen) atoms. The maximum absolute atomic E-state index is 2.48. The molecule has 0 bridgehead atoms. The van der Waals surface area contributed by atoms with E-state index in [0.29, 0.717) is 0 Å². The van der Waals surface area contributed by atoms with Crippen LogP contribution >= 0.6 is 8.73 Å². The Morgan fingerprint density at radius 3 is 2.23 bits per heavy atom. The van der Waals surface area contributed by atoms with Crippen LogP contribution in [0.2, 0.25) is 0 Å². The third-order valence-corrected chi connectivity index (χ3v) is 3.76. The van der Waals surface area contributed by atoms with E-state index < -0.39 is 0 Å². The van der Waals surface area contributed by atoms with E-state index in [1.807, 2.05) is 0 Å². The minimum Gasteiger partial charge on any atom is -0.285 e. The molecule has 0 N–H and O–H groups in total. The number of rotatable bonds is 5. The molecule has 1 unspecified atom stereocenters. The van der Waals surface area contributed by atoms with Gasteiger partial charge in [-0.2, -0.15) is 0 Å². The lowest BCUT2D eigenvalue weighted by Crippen LogP contribution is -2.12. The Labute approximate surface area is 83.0 Å². The average molecular weight is 195 g/mol. The monoisotopic (exact) mass is 195 g/mol. The van der Waals surface area contributed by atoms with Crippen molar-refractivity contribution in [3.63, 3.8) is 0 Å². The molecule has 0 aliphatic carbocycles. The second-order valence-electron chi connectivity index (χ2n) is 2.99. The number of benzene rings is 1. The first-order valence-corrected chi connectivity index (χ1v) is 6.04. The second kappa shape index (κ2) is 6.12. The summed E-state index contributed by atoms with van der Waals surface area (Å²) < 4.78 is 2.48. The van der Waals surface area contributed by atoms with Gasteiger partial charge in [0.2, 0.25) is 0 Å². The van der Waals surface area contributed by atoms with Crippen LogP contribution in [0.25, 0.3) is 0 Å². The molecule has 0 heterocycles. The smallest absolute Gasteiger partial charge is 0.00320 e. The van der Waals surface area contributed by atoms with Gasteiger partial charge < -0.3 is 0 Å². The largest absolute Gasteiger partial charge is 0.285 e. The van der Waals surface area contributed by atoms with Gasteiger partial charge in [0.1, 0.15) is 0 Å². The van der Waals surface area contributed by atoms with Gasteiger partial charge in [0.05, 0.1) is 0 Å². The highest BCUT2D eigenvalue weighted by molar-refractivity contribution is 7.34. The van der Waals surface area contributed by atoms with Crippen molar-refractivity contribution in [2.45, 2.75) is 20.0 Å². The minimum absolute atomic E-state index is 0.934. The molecule has 0 aliphatic rings. The standard InChI is InChI=1S/C11H18NP/c1-3-12(4-2)13-10-11-8-6-5-7-9-11/h5-9,13H,3-4,10H2,1-2H3. The summed E-state index contributed by atoms with van der Waals surface area (Å²) >= 11 is 0. The van der Waals surface area contributed by atoms with Gasteiger partial charge in [-0.05, 0) is 27.4 Å². The Bertz CT molecular complexity index is 219. The van der Waals surface area contributed by atoms with Crippen molar-refractivity contribution in [2.75, 3.05) is 13.1 Å². The Balaban J connectivity index is 2.34. The zero-order valence-electron chi connectivity index (χ0n) is 8.46. The maximum atomic E-state index is 2.48. The number of nitrogens with zero attached hydrogens (tertiary/aromatic N) is 1. The van der Waals surface area contributed by atoms with Gasteiger partial charge in [-0.25, -0.2) is 0 Å². The van der Waals surface area contributed by atoms with Crippen molar-refractivity contribution in [3.8, 4) is 0 Å². The molecular weight excluding hydrogens is 177 g/mol. The van der Waals surface area contributed by atoms with Crippen LogP contribution in [-0.4, -0.2) is 17.8 Å². The predicted molar refractivity (Wildman–Crippen MR) is 61.4 cm³/mol. The van der Waals surface area contributed by atoms with Gasteiger partial charge in [0.25, 0.3) is 0 Å². The van der Waals surface area contributed by atoms with Crippen LogP contribution in [0.4, 0.5) is 0 Å². The molecule has 0 radical (unpaired) electrons. The lowest BCUT2D eigenvalue weighted by molar-refractivity contribution is 0.515. The van der Waals surface area contributed by atoms with Crippen LogP contribution in [0.3, 0.4) is 0 Å². The SMILES string of the molecule is CCN(CC)PCc1ccccc1. The topological polar surface area (TPSA) is 3.24 Å². The first-order chi connectivity index (χ1) is 6.36. The van der Waals surface area contributed by atoms with Crippen molar-refractivity contribution < 1.29 is 0 Å². The molecule has 1 aromatic carbocycles. The van der Waals surface area contributed by atoms with Crippen molar-refractivity contribution in [2.24, 2.45) is 0 Å². The van der Waals surface area contributed by atoms with E-state index >= 15 is 0 Å². The van der Waals surface area contributed by atoms with E-state index in [9.17, 15) is 0 Å². The highest BCUT2D eigenvalue weighted by Gasteiger charge is 1.98. The van der Waals surface area contributed by atoms with E-state index in [4.69, 9.17) is 0 Å². The Morgan fingerprint density at radius 2 is 1.69 bits per heavy atom. The van der Waals surface area contributed by atoms with Gasteiger partial charge in [-0.3, -0.25) is 4.67 Å². The zero-order chi connectivity index (χ0) is 9.52. The Kier molecular flexibility index (Phi) is 5.03. The fourth-order valence-corrected chi connectivity index (χ4v) is 2.34. The summed E-state index contributed by atoms with van der Waals surface area (Å²) in [6.07, 6.45) is 1.20. The fraction of sp³-hybridized carbons (Fsp3) is 0.455. The van der Waals surface area contributed by atoms with Crippen LogP contribution in [-0.2, 0) is 6.16 Å². The molecule has 2 heteroatoms. The number of hydrogen-bond acceptors (Lipinski definition) is 1. The van der Waals surface area contributed by atoms with E-state index in [-0.39, 0.29) is 0 Å². The van der Waals surface area contributed by atoms with E-state index in [0.717, 1.165) is 8.73 Å². The molecule has 0 amide bonds. The zero-order valence-corrected chi connectivity index (χ0v) is 9.46. The van der Waals surface area contributed by atoms with Crippen molar-refractivity contribution in [1.29, 1.82) is 0 Å². The fourth-order valence-electron chi connectivity index (χ4n) is 1.25. The molecule has 0 fully saturated rings. The van der Waals surface area contributed by atoms with Crippen molar-refractivity contribution in [3.05, 3.63) is 35.9 Å². The highest BCUT2D eigenvalue weighted by atomic mass is 31.1. The second-order valence-corrected chi connectivity index (χ2v) is 4.30. The normalized spacial score (nSPS) is 11.6. The van der Waals surface area contributed by atoms with Crippen LogP contribution in [0, 0.1) is 0 Å². The molecule has 1 atom stereocenters. The third-order valence-electron chi connectivity index (χ3n) is 2.11. The summed E-state index contributed by atoms with van der Waals surface area (Å²) in [5.41, 5.74) is 1.45. The lowest BCUT2D eigenvalue weighted by Gasteiger charge is -2.17. The first kappa shape index (κ1) is 10.7. The summed E-state index contributed by atoms with van der Waals surface area (Å²) in [6.45, 7) is 6.78. The van der Waals surface area contributed by atoms with Gasteiger partial charge in [0.15, 0.2) is 0 Å². The van der Waals surface area contributed by atoms with Crippen LogP contribution in [0.5, 0.6) is 0 Å². The third kappa shape index (κ3) is 3.89. The summed E-state index contributed by atoms with van der Waals surface area (Å²) in [5, 5.41) is 0.